The minimum atomic E-state index is 0.301. The first-order chi connectivity index (χ1) is 16.0. The smallest absolute Gasteiger partial charge is 0.164 e. The average Bonchev–Trinajstić information content (AvgIpc) is 3.22. The number of anilines is 1. The van der Waals surface area contributed by atoms with E-state index in [2.05, 4.69) is 40.3 Å². The third-order valence-corrected chi connectivity index (χ3v) is 6.48. The molecular weight excluding hydrogens is 412 g/mol. The van der Waals surface area contributed by atoms with E-state index in [1.54, 1.807) is 0 Å². The predicted octanol–water partition coefficient (Wildman–Crippen LogP) is 5.22. The highest BCUT2D eigenvalue weighted by molar-refractivity contribution is 5.98. The van der Waals surface area contributed by atoms with Crippen LogP contribution in [0.25, 0.3) is 22.3 Å². The van der Waals surface area contributed by atoms with Gasteiger partial charge >= 0.3 is 0 Å². The molecule has 33 heavy (non-hydrogen) atoms. The second-order valence-electron chi connectivity index (χ2n) is 9.05. The number of likely N-dealkylation sites (tertiary alicyclic amines) is 1. The first kappa shape index (κ1) is 21.4. The molecule has 0 bridgehead atoms. The van der Waals surface area contributed by atoms with Crippen molar-refractivity contribution in [2.75, 3.05) is 18.8 Å². The van der Waals surface area contributed by atoms with Crippen molar-refractivity contribution in [1.29, 1.82) is 0 Å². The lowest BCUT2D eigenvalue weighted by atomic mass is 10.0. The molecule has 1 aliphatic rings. The molecule has 1 aliphatic heterocycles. The molecule has 7 heteroatoms. The van der Waals surface area contributed by atoms with Gasteiger partial charge in [0.05, 0.1) is 11.4 Å². The zero-order valence-electron chi connectivity index (χ0n) is 19.4. The zero-order chi connectivity index (χ0) is 22.9. The molecule has 0 saturated carbocycles. The van der Waals surface area contributed by atoms with E-state index >= 15 is 0 Å². The largest absolute Gasteiger partial charge is 0.457 e. The lowest BCUT2D eigenvalue weighted by molar-refractivity contribution is 0.148. The quantitative estimate of drug-likeness (QED) is 0.456. The molecule has 0 radical (unpaired) electrons. The van der Waals surface area contributed by atoms with E-state index in [9.17, 15) is 0 Å². The van der Waals surface area contributed by atoms with Crippen LogP contribution in [0, 0.1) is 6.92 Å². The van der Waals surface area contributed by atoms with Crippen LogP contribution < -0.4 is 10.5 Å². The fraction of sp³-hybridized carbons (Fsp3) is 0.346. The van der Waals surface area contributed by atoms with Gasteiger partial charge in [-0.15, -0.1) is 0 Å². The zero-order valence-corrected chi connectivity index (χ0v) is 19.4. The predicted molar refractivity (Wildman–Crippen MR) is 131 cm³/mol. The van der Waals surface area contributed by atoms with Crippen LogP contribution in [0.5, 0.6) is 11.5 Å². The fourth-order valence-electron chi connectivity index (χ4n) is 4.52. The van der Waals surface area contributed by atoms with Gasteiger partial charge in [-0.1, -0.05) is 17.7 Å². The molecular formula is C26H30N6O. The molecule has 4 aromatic rings. The van der Waals surface area contributed by atoms with E-state index in [1.807, 2.05) is 48.5 Å². The van der Waals surface area contributed by atoms with Crippen LogP contribution in [0.4, 0.5) is 5.82 Å². The number of aryl methyl sites for hydroxylation is 1. The molecule has 1 saturated heterocycles. The van der Waals surface area contributed by atoms with Crippen molar-refractivity contribution in [3.8, 4) is 22.8 Å². The number of hydrogen-bond donors (Lipinski definition) is 1. The van der Waals surface area contributed by atoms with Gasteiger partial charge in [0.15, 0.2) is 5.65 Å². The summed E-state index contributed by atoms with van der Waals surface area (Å²) in [7, 11) is 0. The maximum absolute atomic E-state index is 6.31. The molecule has 0 aliphatic carbocycles. The second kappa shape index (κ2) is 8.83. The Morgan fingerprint density at radius 3 is 2.21 bits per heavy atom. The SMILES string of the molecule is Cc1ccc(Oc2ccc(-c3nn(C4CCN(C(C)C)CC4)c4ncnc(N)c34)cc2)cc1. The molecule has 0 unspecified atom stereocenters. The summed E-state index contributed by atoms with van der Waals surface area (Å²) < 4.78 is 8.05. The summed E-state index contributed by atoms with van der Waals surface area (Å²) in [6, 6.07) is 16.8. The molecule has 2 aromatic heterocycles. The number of hydrogen-bond acceptors (Lipinski definition) is 6. The minimum absolute atomic E-state index is 0.301. The Hall–Kier alpha value is -3.45. The average molecular weight is 443 g/mol. The van der Waals surface area contributed by atoms with E-state index in [4.69, 9.17) is 15.6 Å². The van der Waals surface area contributed by atoms with Crippen molar-refractivity contribution >= 4 is 16.9 Å². The highest BCUT2D eigenvalue weighted by Crippen LogP contribution is 2.35. The van der Waals surface area contributed by atoms with Gasteiger partial charge in [-0.05, 0) is 70.0 Å². The number of rotatable bonds is 5. The third kappa shape index (κ3) is 4.28. The number of aromatic nitrogens is 4. The number of piperidine rings is 1. The van der Waals surface area contributed by atoms with Crippen LogP contribution in [0.3, 0.4) is 0 Å². The highest BCUT2D eigenvalue weighted by atomic mass is 16.5. The summed E-state index contributed by atoms with van der Waals surface area (Å²) in [6.07, 6.45) is 3.62. The Morgan fingerprint density at radius 1 is 0.939 bits per heavy atom. The number of benzene rings is 2. The van der Waals surface area contributed by atoms with E-state index in [-0.39, 0.29) is 0 Å². The van der Waals surface area contributed by atoms with Gasteiger partial charge in [0.2, 0.25) is 0 Å². The van der Waals surface area contributed by atoms with Crippen LogP contribution >= 0.6 is 0 Å². The minimum Gasteiger partial charge on any atom is -0.457 e. The first-order valence-electron chi connectivity index (χ1n) is 11.6. The number of nitrogen functional groups attached to an aromatic ring is 1. The lowest BCUT2D eigenvalue weighted by Crippen LogP contribution is -2.39. The third-order valence-electron chi connectivity index (χ3n) is 6.48. The molecule has 0 spiro atoms. The van der Waals surface area contributed by atoms with Gasteiger partial charge in [0.25, 0.3) is 0 Å². The molecule has 5 rings (SSSR count). The summed E-state index contributed by atoms with van der Waals surface area (Å²) >= 11 is 0. The second-order valence-corrected chi connectivity index (χ2v) is 9.05. The molecule has 2 N–H and O–H groups in total. The van der Waals surface area contributed by atoms with E-state index < -0.39 is 0 Å². The molecule has 2 aromatic carbocycles. The topological polar surface area (TPSA) is 82.1 Å². The van der Waals surface area contributed by atoms with Crippen LogP contribution in [0.15, 0.2) is 54.9 Å². The summed E-state index contributed by atoms with van der Waals surface area (Å²) in [5.74, 6) is 2.05. The van der Waals surface area contributed by atoms with Crippen LogP contribution in [-0.4, -0.2) is 43.8 Å². The van der Waals surface area contributed by atoms with Crippen molar-refractivity contribution < 1.29 is 4.74 Å². The summed E-state index contributed by atoms with van der Waals surface area (Å²) in [5.41, 5.74) is 10.1. The monoisotopic (exact) mass is 442 g/mol. The van der Waals surface area contributed by atoms with Gasteiger partial charge in [0.1, 0.15) is 29.3 Å². The summed E-state index contributed by atoms with van der Waals surface area (Å²) in [4.78, 5) is 11.3. The van der Waals surface area contributed by atoms with Gasteiger partial charge in [0, 0.05) is 24.7 Å². The fourth-order valence-corrected chi connectivity index (χ4v) is 4.52. The molecule has 0 atom stereocenters. The Labute approximate surface area is 194 Å². The van der Waals surface area contributed by atoms with E-state index in [0.29, 0.717) is 17.9 Å². The van der Waals surface area contributed by atoms with Crippen molar-refractivity contribution in [3.63, 3.8) is 0 Å². The number of nitrogens with two attached hydrogens (primary N) is 1. The van der Waals surface area contributed by atoms with Gasteiger partial charge in [-0.3, -0.25) is 0 Å². The Balaban J connectivity index is 1.45. The maximum Gasteiger partial charge on any atom is 0.164 e. The lowest BCUT2D eigenvalue weighted by Gasteiger charge is -2.34. The highest BCUT2D eigenvalue weighted by Gasteiger charge is 2.26. The number of nitrogens with zero attached hydrogens (tertiary/aromatic N) is 5. The van der Waals surface area contributed by atoms with Crippen LogP contribution in [0.1, 0.15) is 38.3 Å². The normalized spacial score (nSPS) is 15.4. The number of ether oxygens (including phenoxy) is 1. The Morgan fingerprint density at radius 2 is 1.58 bits per heavy atom. The summed E-state index contributed by atoms with van der Waals surface area (Å²) in [5, 5.41) is 5.83. The standard InChI is InChI=1S/C26H30N6O/c1-17(2)31-14-12-20(13-15-31)32-26-23(25(27)28-16-29-26)24(30-32)19-6-10-22(11-7-19)33-21-8-4-18(3)5-9-21/h4-11,16-17,20H,12-15H2,1-3H3,(H2,27,28,29). The molecule has 7 nitrogen and oxygen atoms in total. The molecule has 3 heterocycles. The van der Waals surface area contributed by atoms with Crippen LogP contribution in [0.2, 0.25) is 0 Å². The van der Waals surface area contributed by atoms with Crippen molar-refractivity contribution in [2.24, 2.45) is 0 Å². The van der Waals surface area contributed by atoms with Crippen LogP contribution in [-0.2, 0) is 0 Å². The van der Waals surface area contributed by atoms with E-state index in [1.165, 1.54) is 11.9 Å². The van der Waals surface area contributed by atoms with E-state index in [0.717, 1.165) is 59.7 Å². The van der Waals surface area contributed by atoms with Crippen molar-refractivity contribution in [3.05, 3.63) is 60.4 Å². The Kier molecular flexibility index (Phi) is 5.72. The summed E-state index contributed by atoms with van der Waals surface area (Å²) in [6.45, 7) is 8.68. The van der Waals surface area contributed by atoms with Gasteiger partial charge in [-0.25, -0.2) is 14.6 Å². The molecule has 170 valence electrons. The number of fused-ring (bicyclic) bond motifs is 1. The van der Waals surface area contributed by atoms with Crippen molar-refractivity contribution in [1.82, 2.24) is 24.6 Å². The van der Waals surface area contributed by atoms with Gasteiger partial charge in [-0.2, -0.15) is 5.10 Å². The van der Waals surface area contributed by atoms with Gasteiger partial charge < -0.3 is 15.4 Å². The first-order valence-corrected chi connectivity index (χ1v) is 11.6. The Bertz CT molecular complexity index is 1240. The molecule has 1 fully saturated rings. The molecule has 0 amide bonds. The van der Waals surface area contributed by atoms with Crippen molar-refractivity contribution in [2.45, 2.75) is 45.7 Å². The maximum atomic E-state index is 6.31.